The van der Waals surface area contributed by atoms with E-state index in [1.807, 2.05) is 0 Å². The number of H-pyrrole nitrogens is 1. The molecule has 21 heavy (non-hydrogen) atoms. The molecule has 1 fully saturated rings. The number of aromatic nitrogens is 2. The standard InChI is InChI=1S/C16H19F2N3/c1-9-6-14(18)12(7-13(9)17)15-8-20-16(21-15)10-2-4-11(19)5-3-10/h6-8,10-11H,2-5,19H2,1H3,(H,20,21). The van der Waals surface area contributed by atoms with Gasteiger partial charge in [-0.05, 0) is 50.3 Å². The smallest absolute Gasteiger partial charge is 0.133 e. The van der Waals surface area contributed by atoms with E-state index >= 15 is 0 Å². The molecule has 3 nitrogen and oxygen atoms in total. The summed E-state index contributed by atoms with van der Waals surface area (Å²) in [6, 6.07) is 2.71. The van der Waals surface area contributed by atoms with E-state index in [9.17, 15) is 8.78 Å². The zero-order valence-corrected chi connectivity index (χ0v) is 12.0. The molecule has 2 aromatic rings. The molecule has 0 atom stereocenters. The van der Waals surface area contributed by atoms with Gasteiger partial charge in [0.1, 0.15) is 17.5 Å². The molecule has 0 saturated heterocycles. The lowest BCUT2D eigenvalue weighted by Gasteiger charge is -2.24. The van der Waals surface area contributed by atoms with Crippen molar-refractivity contribution in [1.29, 1.82) is 0 Å². The van der Waals surface area contributed by atoms with Crippen molar-refractivity contribution in [1.82, 2.24) is 9.97 Å². The molecule has 3 rings (SSSR count). The molecule has 1 aliphatic rings. The fraction of sp³-hybridized carbons (Fsp3) is 0.438. The number of benzene rings is 1. The summed E-state index contributed by atoms with van der Waals surface area (Å²) in [5.41, 5.74) is 6.95. The average Bonchev–Trinajstić information content (AvgIpc) is 2.93. The lowest BCUT2D eigenvalue weighted by Crippen LogP contribution is -2.26. The number of hydrogen-bond acceptors (Lipinski definition) is 2. The highest BCUT2D eigenvalue weighted by Crippen LogP contribution is 2.32. The van der Waals surface area contributed by atoms with Crippen LogP contribution in [0.5, 0.6) is 0 Å². The van der Waals surface area contributed by atoms with E-state index in [2.05, 4.69) is 9.97 Å². The second-order valence-electron chi connectivity index (χ2n) is 5.88. The molecule has 1 aliphatic carbocycles. The van der Waals surface area contributed by atoms with Crippen LogP contribution in [0.25, 0.3) is 11.3 Å². The predicted octanol–water partition coefficient (Wildman–Crippen LogP) is 3.65. The summed E-state index contributed by atoms with van der Waals surface area (Å²) in [6.45, 7) is 1.55. The van der Waals surface area contributed by atoms with Crippen molar-refractivity contribution in [3.8, 4) is 11.3 Å². The molecule has 0 bridgehead atoms. The molecule has 5 heteroatoms. The van der Waals surface area contributed by atoms with Crippen LogP contribution >= 0.6 is 0 Å². The summed E-state index contributed by atoms with van der Waals surface area (Å²) >= 11 is 0. The molecule has 1 saturated carbocycles. The molecule has 1 aromatic carbocycles. The van der Waals surface area contributed by atoms with Gasteiger partial charge in [-0.2, -0.15) is 0 Å². The van der Waals surface area contributed by atoms with Gasteiger partial charge in [0.15, 0.2) is 0 Å². The normalized spacial score (nSPS) is 22.5. The van der Waals surface area contributed by atoms with Gasteiger partial charge < -0.3 is 10.7 Å². The van der Waals surface area contributed by atoms with E-state index in [4.69, 9.17) is 5.73 Å². The predicted molar refractivity (Wildman–Crippen MR) is 77.9 cm³/mol. The van der Waals surface area contributed by atoms with E-state index < -0.39 is 11.6 Å². The van der Waals surface area contributed by atoms with Crippen molar-refractivity contribution in [2.24, 2.45) is 5.73 Å². The van der Waals surface area contributed by atoms with Crippen LogP contribution in [-0.4, -0.2) is 16.0 Å². The molecule has 0 unspecified atom stereocenters. The molecular weight excluding hydrogens is 272 g/mol. The minimum Gasteiger partial charge on any atom is -0.342 e. The molecule has 1 heterocycles. The Balaban J connectivity index is 1.87. The number of nitrogens with one attached hydrogen (secondary N) is 1. The summed E-state index contributed by atoms with van der Waals surface area (Å²) in [7, 11) is 0. The fourth-order valence-corrected chi connectivity index (χ4v) is 2.93. The van der Waals surface area contributed by atoms with Crippen molar-refractivity contribution < 1.29 is 8.78 Å². The topological polar surface area (TPSA) is 54.7 Å². The summed E-state index contributed by atoms with van der Waals surface area (Å²) in [6.07, 6.45) is 5.51. The van der Waals surface area contributed by atoms with Gasteiger partial charge in [0.25, 0.3) is 0 Å². The summed E-state index contributed by atoms with van der Waals surface area (Å²) < 4.78 is 27.6. The van der Waals surface area contributed by atoms with Gasteiger partial charge in [0.2, 0.25) is 0 Å². The van der Waals surface area contributed by atoms with Gasteiger partial charge >= 0.3 is 0 Å². The maximum absolute atomic E-state index is 14.0. The third-order valence-electron chi connectivity index (χ3n) is 4.29. The van der Waals surface area contributed by atoms with E-state index in [0.29, 0.717) is 17.2 Å². The largest absolute Gasteiger partial charge is 0.342 e. The Labute approximate surface area is 122 Å². The molecular formula is C16H19F2N3. The quantitative estimate of drug-likeness (QED) is 0.887. The number of imidazole rings is 1. The highest BCUT2D eigenvalue weighted by atomic mass is 19.1. The Hall–Kier alpha value is -1.75. The van der Waals surface area contributed by atoms with Crippen molar-refractivity contribution in [2.75, 3.05) is 0 Å². The van der Waals surface area contributed by atoms with Gasteiger partial charge in [-0.3, -0.25) is 0 Å². The van der Waals surface area contributed by atoms with Gasteiger partial charge in [0, 0.05) is 17.5 Å². The molecule has 1 aromatic heterocycles. The first kappa shape index (κ1) is 14.2. The van der Waals surface area contributed by atoms with Crippen LogP contribution in [0, 0.1) is 18.6 Å². The first-order chi connectivity index (χ1) is 10.0. The van der Waals surface area contributed by atoms with E-state index in [-0.39, 0.29) is 11.6 Å². The maximum atomic E-state index is 14.0. The Morgan fingerprint density at radius 2 is 1.86 bits per heavy atom. The fourth-order valence-electron chi connectivity index (χ4n) is 2.93. The van der Waals surface area contributed by atoms with Crippen LogP contribution in [-0.2, 0) is 0 Å². The van der Waals surface area contributed by atoms with E-state index in [1.165, 1.54) is 12.1 Å². The number of nitrogens with two attached hydrogens (primary N) is 1. The first-order valence-electron chi connectivity index (χ1n) is 7.31. The Kier molecular flexibility index (Phi) is 3.76. The minimum atomic E-state index is -0.435. The highest BCUT2D eigenvalue weighted by molar-refractivity contribution is 5.60. The van der Waals surface area contributed by atoms with Crippen molar-refractivity contribution in [2.45, 2.75) is 44.6 Å². The van der Waals surface area contributed by atoms with Gasteiger partial charge in [-0.15, -0.1) is 0 Å². The van der Waals surface area contributed by atoms with E-state index in [1.54, 1.807) is 13.1 Å². The number of hydrogen-bond donors (Lipinski definition) is 2. The number of nitrogens with zero attached hydrogens (tertiary/aromatic N) is 1. The zero-order chi connectivity index (χ0) is 15.0. The number of aryl methyl sites for hydroxylation is 1. The summed E-state index contributed by atoms with van der Waals surface area (Å²) in [5.74, 6) is 0.329. The Morgan fingerprint density at radius 1 is 1.14 bits per heavy atom. The van der Waals surface area contributed by atoms with Crippen LogP contribution in [0.1, 0.15) is 43.0 Å². The van der Waals surface area contributed by atoms with Gasteiger partial charge in [-0.25, -0.2) is 13.8 Å². The molecule has 3 N–H and O–H groups in total. The third kappa shape index (κ3) is 2.83. The Morgan fingerprint density at radius 3 is 2.57 bits per heavy atom. The van der Waals surface area contributed by atoms with Crippen LogP contribution in [0.2, 0.25) is 0 Å². The third-order valence-corrected chi connectivity index (χ3v) is 4.29. The summed E-state index contributed by atoms with van der Waals surface area (Å²) in [4.78, 5) is 7.49. The summed E-state index contributed by atoms with van der Waals surface area (Å²) in [5, 5.41) is 0. The maximum Gasteiger partial charge on any atom is 0.133 e. The zero-order valence-electron chi connectivity index (χ0n) is 12.0. The van der Waals surface area contributed by atoms with Gasteiger partial charge in [-0.1, -0.05) is 0 Å². The number of rotatable bonds is 2. The lowest BCUT2D eigenvalue weighted by atomic mass is 9.86. The van der Waals surface area contributed by atoms with Gasteiger partial charge in [0.05, 0.1) is 11.9 Å². The van der Waals surface area contributed by atoms with Crippen molar-refractivity contribution in [3.63, 3.8) is 0 Å². The molecule has 112 valence electrons. The average molecular weight is 291 g/mol. The minimum absolute atomic E-state index is 0.226. The second kappa shape index (κ2) is 5.56. The second-order valence-corrected chi connectivity index (χ2v) is 5.88. The molecule has 0 amide bonds. The Bertz CT molecular complexity index is 643. The van der Waals surface area contributed by atoms with Crippen LogP contribution < -0.4 is 5.73 Å². The molecule has 0 radical (unpaired) electrons. The SMILES string of the molecule is Cc1cc(F)c(-c2cnc(C3CCC(N)CC3)[nH]2)cc1F. The van der Waals surface area contributed by atoms with E-state index in [0.717, 1.165) is 31.5 Å². The van der Waals surface area contributed by atoms with Crippen LogP contribution in [0.4, 0.5) is 8.78 Å². The lowest BCUT2D eigenvalue weighted by molar-refractivity contribution is 0.386. The monoisotopic (exact) mass is 291 g/mol. The van der Waals surface area contributed by atoms with Crippen LogP contribution in [0.15, 0.2) is 18.3 Å². The van der Waals surface area contributed by atoms with Crippen molar-refractivity contribution >= 4 is 0 Å². The molecule has 0 aliphatic heterocycles. The number of halogens is 2. The van der Waals surface area contributed by atoms with Crippen molar-refractivity contribution in [3.05, 3.63) is 41.4 Å². The number of aromatic amines is 1. The first-order valence-corrected chi connectivity index (χ1v) is 7.31. The highest BCUT2D eigenvalue weighted by Gasteiger charge is 2.23. The van der Waals surface area contributed by atoms with Crippen LogP contribution in [0.3, 0.4) is 0 Å². The molecule has 0 spiro atoms.